The Morgan fingerprint density at radius 3 is 2.74 bits per heavy atom. The molecule has 1 amide bonds. The van der Waals surface area contributed by atoms with Crippen LogP contribution in [0.3, 0.4) is 0 Å². The highest BCUT2D eigenvalue weighted by Gasteiger charge is 2.27. The quantitative estimate of drug-likeness (QED) is 0.553. The second-order valence-electron chi connectivity index (χ2n) is 7.45. The fourth-order valence-corrected chi connectivity index (χ4v) is 4.02. The molecule has 5 rings (SSSR count). The Morgan fingerprint density at radius 2 is 1.94 bits per heavy atom. The molecule has 3 aromatic heterocycles. The van der Waals surface area contributed by atoms with Gasteiger partial charge in [-0.3, -0.25) is 14.9 Å². The summed E-state index contributed by atoms with van der Waals surface area (Å²) in [5, 5.41) is 7.24. The summed E-state index contributed by atoms with van der Waals surface area (Å²) in [6.45, 7) is 3.78. The highest BCUT2D eigenvalue weighted by Crippen LogP contribution is 2.30. The number of hydrogen-bond acceptors (Lipinski definition) is 5. The van der Waals surface area contributed by atoms with Gasteiger partial charge in [-0.15, -0.1) is 0 Å². The van der Waals surface area contributed by atoms with E-state index in [1.54, 1.807) is 25.6 Å². The van der Waals surface area contributed by atoms with Gasteiger partial charge in [0.05, 0.1) is 30.7 Å². The molecule has 0 unspecified atom stereocenters. The Hall–Kier alpha value is -3.94. The van der Waals surface area contributed by atoms with Crippen molar-refractivity contribution in [1.82, 2.24) is 29.6 Å². The predicted octanol–water partition coefficient (Wildman–Crippen LogP) is 3.31. The van der Waals surface area contributed by atoms with E-state index >= 15 is 0 Å². The van der Waals surface area contributed by atoms with Crippen molar-refractivity contribution < 1.29 is 9.53 Å². The predicted molar refractivity (Wildman–Crippen MR) is 116 cm³/mol. The number of aryl methyl sites for hydroxylation is 1. The smallest absolute Gasteiger partial charge is 0.272 e. The molecular weight excluding hydrogens is 392 g/mol. The highest BCUT2D eigenvalue weighted by atomic mass is 16.5. The zero-order valence-electron chi connectivity index (χ0n) is 17.4. The maximum atomic E-state index is 13.2. The first-order valence-corrected chi connectivity index (χ1v) is 10.1. The molecule has 1 N–H and O–H groups in total. The van der Waals surface area contributed by atoms with Crippen molar-refractivity contribution in [3.63, 3.8) is 0 Å². The number of H-pyrrole nitrogens is 1. The number of hydrogen-bond donors (Lipinski definition) is 1. The summed E-state index contributed by atoms with van der Waals surface area (Å²) in [5.74, 6) is 1.56. The Morgan fingerprint density at radius 1 is 1.13 bits per heavy atom. The first-order chi connectivity index (χ1) is 15.2. The van der Waals surface area contributed by atoms with Gasteiger partial charge in [0.2, 0.25) is 0 Å². The lowest BCUT2D eigenvalue weighted by Gasteiger charge is -2.29. The van der Waals surface area contributed by atoms with Gasteiger partial charge in [0.25, 0.3) is 5.91 Å². The first-order valence-electron chi connectivity index (χ1n) is 10.1. The molecule has 8 heteroatoms. The van der Waals surface area contributed by atoms with E-state index < -0.39 is 0 Å². The van der Waals surface area contributed by atoms with E-state index in [1.165, 1.54) is 0 Å². The van der Waals surface area contributed by atoms with E-state index in [-0.39, 0.29) is 5.91 Å². The van der Waals surface area contributed by atoms with Gasteiger partial charge in [0, 0.05) is 36.6 Å². The number of carbonyl (C=O) groups is 1. The van der Waals surface area contributed by atoms with E-state index in [0.29, 0.717) is 36.8 Å². The summed E-state index contributed by atoms with van der Waals surface area (Å²) < 4.78 is 7.61. The standard InChI is InChI=1S/C23H22N6O2/c1-15-20-14-28(11-12-29(20)22(25-15)16-7-9-24-10-8-16)23(30)19-13-18(26-27-19)17-5-3-4-6-21(17)31-2/h3-10,13H,11-12,14H2,1-2H3,(H,26,27). The van der Waals surface area contributed by atoms with Crippen LogP contribution in [0.25, 0.3) is 22.6 Å². The topological polar surface area (TPSA) is 88.9 Å². The van der Waals surface area contributed by atoms with Crippen LogP contribution in [0.1, 0.15) is 21.9 Å². The number of imidazole rings is 1. The third-order valence-electron chi connectivity index (χ3n) is 5.62. The SMILES string of the molecule is COc1ccccc1-c1cc(C(=O)N2CCn3c(-c4ccncc4)nc(C)c3C2)[nH]n1. The van der Waals surface area contributed by atoms with Crippen LogP contribution in [0.15, 0.2) is 54.9 Å². The minimum absolute atomic E-state index is 0.0778. The lowest BCUT2D eigenvalue weighted by Crippen LogP contribution is -2.38. The Labute approximate surface area is 179 Å². The van der Waals surface area contributed by atoms with Crippen molar-refractivity contribution in [1.29, 1.82) is 0 Å². The minimum atomic E-state index is -0.0778. The van der Waals surface area contributed by atoms with Crippen molar-refractivity contribution in [3.8, 4) is 28.4 Å². The number of pyridine rings is 1. The molecule has 4 heterocycles. The lowest BCUT2D eigenvalue weighted by molar-refractivity contribution is 0.0705. The molecule has 1 aromatic carbocycles. The summed E-state index contributed by atoms with van der Waals surface area (Å²) in [4.78, 5) is 23.9. The first kappa shape index (κ1) is 19.0. The van der Waals surface area contributed by atoms with Crippen LogP contribution in [-0.4, -0.2) is 49.2 Å². The average molecular weight is 414 g/mol. The number of benzene rings is 1. The number of fused-ring (bicyclic) bond motifs is 1. The molecule has 0 saturated heterocycles. The fraction of sp³-hybridized carbons (Fsp3) is 0.217. The van der Waals surface area contributed by atoms with Gasteiger partial charge in [0.1, 0.15) is 17.3 Å². The van der Waals surface area contributed by atoms with Crippen LogP contribution in [0, 0.1) is 6.92 Å². The maximum Gasteiger partial charge on any atom is 0.272 e. The van der Waals surface area contributed by atoms with E-state index in [4.69, 9.17) is 9.72 Å². The maximum absolute atomic E-state index is 13.2. The number of rotatable bonds is 4. The summed E-state index contributed by atoms with van der Waals surface area (Å²) in [7, 11) is 1.62. The molecule has 4 aromatic rings. The molecule has 0 bridgehead atoms. The van der Waals surface area contributed by atoms with Gasteiger partial charge >= 0.3 is 0 Å². The molecule has 156 valence electrons. The van der Waals surface area contributed by atoms with E-state index in [0.717, 1.165) is 28.3 Å². The molecule has 1 aliphatic rings. The molecular formula is C23H22N6O2. The second kappa shape index (κ2) is 7.71. The monoisotopic (exact) mass is 414 g/mol. The number of aromatic amines is 1. The van der Waals surface area contributed by atoms with E-state index in [9.17, 15) is 4.79 Å². The number of ether oxygens (including phenoxy) is 1. The molecule has 0 aliphatic carbocycles. The van der Waals surface area contributed by atoms with Crippen LogP contribution in [0.4, 0.5) is 0 Å². The van der Waals surface area contributed by atoms with Gasteiger partial charge in [-0.05, 0) is 37.3 Å². The Balaban J connectivity index is 1.40. The average Bonchev–Trinajstić information content (AvgIpc) is 3.44. The van der Waals surface area contributed by atoms with Crippen LogP contribution in [0.5, 0.6) is 5.75 Å². The molecule has 1 aliphatic heterocycles. The van der Waals surface area contributed by atoms with Crippen LogP contribution >= 0.6 is 0 Å². The number of carbonyl (C=O) groups excluding carboxylic acids is 1. The summed E-state index contributed by atoms with van der Waals surface area (Å²) in [6, 6.07) is 13.3. The number of amides is 1. The van der Waals surface area contributed by atoms with Crippen molar-refractivity contribution in [2.75, 3.05) is 13.7 Å². The number of nitrogens with one attached hydrogen (secondary N) is 1. The fourth-order valence-electron chi connectivity index (χ4n) is 4.02. The third kappa shape index (κ3) is 3.35. The van der Waals surface area contributed by atoms with Crippen LogP contribution < -0.4 is 4.74 Å². The summed E-state index contributed by atoms with van der Waals surface area (Å²) in [6.07, 6.45) is 3.53. The summed E-state index contributed by atoms with van der Waals surface area (Å²) in [5.41, 5.74) is 4.99. The normalized spacial score (nSPS) is 13.2. The molecule has 31 heavy (non-hydrogen) atoms. The van der Waals surface area contributed by atoms with Gasteiger partial charge in [-0.2, -0.15) is 5.10 Å². The highest BCUT2D eigenvalue weighted by molar-refractivity contribution is 5.93. The zero-order valence-corrected chi connectivity index (χ0v) is 17.4. The largest absolute Gasteiger partial charge is 0.496 e. The molecule has 8 nitrogen and oxygen atoms in total. The third-order valence-corrected chi connectivity index (χ3v) is 5.62. The lowest BCUT2D eigenvalue weighted by atomic mass is 10.1. The Bertz CT molecular complexity index is 1240. The van der Waals surface area contributed by atoms with E-state index in [1.807, 2.05) is 48.2 Å². The van der Waals surface area contributed by atoms with Crippen LogP contribution in [0.2, 0.25) is 0 Å². The van der Waals surface area contributed by atoms with Gasteiger partial charge < -0.3 is 14.2 Å². The van der Waals surface area contributed by atoms with Crippen molar-refractivity contribution in [3.05, 3.63) is 71.9 Å². The Kier molecular flexibility index (Phi) is 4.74. The van der Waals surface area contributed by atoms with Gasteiger partial charge in [0.15, 0.2) is 0 Å². The second-order valence-corrected chi connectivity index (χ2v) is 7.45. The number of para-hydroxylation sites is 1. The molecule has 0 saturated carbocycles. The van der Waals surface area contributed by atoms with Gasteiger partial charge in [-0.25, -0.2) is 4.98 Å². The molecule has 0 radical (unpaired) electrons. The number of methoxy groups -OCH3 is 1. The molecule has 0 fully saturated rings. The zero-order chi connectivity index (χ0) is 21.4. The molecule has 0 spiro atoms. The van der Waals surface area contributed by atoms with Gasteiger partial charge in [-0.1, -0.05) is 12.1 Å². The number of aromatic nitrogens is 5. The van der Waals surface area contributed by atoms with Crippen molar-refractivity contribution >= 4 is 5.91 Å². The minimum Gasteiger partial charge on any atom is -0.496 e. The van der Waals surface area contributed by atoms with Crippen molar-refractivity contribution in [2.24, 2.45) is 0 Å². The van der Waals surface area contributed by atoms with E-state index in [2.05, 4.69) is 19.7 Å². The summed E-state index contributed by atoms with van der Waals surface area (Å²) >= 11 is 0. The van der Waals surface area contributed by atoms with Crippen LogP contribution in [-0.2, 0) is 13.1 Å². The molecule has 0 atom stereocenters. The number of nitrogens with zero attached hydrogens (tertiary/aromatic N) is 5. The van der Waals surface area contributed by atoms with Crippen molar-refractivity contribution in [2.45, 2.75) is 20.0 Å².